The molecule has 0 amide bonds. The first-order valence-electron chi connectivity index (χ1n) is 6.36. The molecular weight excluding hydrogens is 255 g/mol. The van der Waals surface area contributed by atoms with Gasteiger partial charge in [0, 0.05) is 5.39 Å². The van der Waals surface area contributed by atoms with Gasteiger partial charge in [-0.3, -0.25) is 4.79 Å². The molecule has 0 fully saturated rings. The molecule has 0 bridgehead atoms. The lowest BCUT2D eigenvalue weighted by Gasteiger charge is -2.06. The van der Waals surface area contributed by atoms with Crippen LogP contribution in [0.1, 0.15) is 27.2 Å². The Hall–Kier alpha value is -2.42. The Morgan fingerprint density at radius 1 is 1.10 bits per heavy atom. The normalized spacial score (nSPS) is 10.9. The van der Waals surface area contributed by atoms with Crippen LogP contribution in [0.15, 0.2) is 46.9 Å². The third-order valence-electron chi connectivity index (χ3n) is 3.31. The zero-order chi connectivity index (χ0) is 14.3. The third-order valence-corrected chi connectivity index (χ3v) is 3.31. The predicted octanol–water partition coefficient (Wildman–Crippen LogP) is 4.42. The van der Waals surface area contributed by atoms with Crippen LogP contribution in [0.3, 0.4) is 0 Å². The molecule has 20 heavy (non-hydrogen) atoms. The number of carbonyl (C=O) groups excluding carboxylic acids is 1. The SMILES string of the molecule is Cc1cc(C)c(C(=O)c2cc3ccccc3o2)c(F)c1. The van der Waals surface area contributed by atoms with Crippen LogP contribution in [0, 0.1) is 19.7 Å². The number of hydrogen-bond acceptors (Lipinski definition) is 2. The van der Waals surface area contributed by atoms with Crippen LogP contribution in [0.5, 0.6) is 0 Å². The van der Waals surface area contributed by atoms with Gasteiger partial charge >= 0.3 is 0 Å². The Kier molecular flexibility index (Phi) is 2.90. The minimum Gasteiger partial charge on any atom is -0.453 e. The van der Waals surface area contributed by atoms with Crippen LogP contribution >= 0.6 is 0 Å². The van der Waals surface area contributed by atoms with Crippen LogP contribution in [-0.4, -0.2) is 5.78 Å². The summed E-state index contributed by atoms with van der Waals surface area (Å²) in [5.41, 5.74) is 2.12. The molecule has 0 N–H and O–H groups in total. The fraction of sp³-hybridized carbons (Fsp3) is 0.118. The monoisotopic (exact) mass is 268 g/mol. The highest BCUT2D eigenvalue weighted by atomic mass is 19.1. The molecule has 0 aliphatic carbocycles. The van der Waals surface area contributed by atoms with E-state index in [1.165, 1.54) is 6.07 Å². The van der Waals surface area contributed by atoms with Crippen LogP contribution < -0.4 is 0 Å². The second-order valence-electron chi connectivity index (χ2n) is 4.92. The summed E-state index contributed by atoms with van der Waals surface area (Å²) in [5, 5.41) is 0.834. The fourth-order valence-corrected chi connectivity index (χ4v) is 2.42. The lowest BCUT2D eigenvalue weighted by atomic mass is 10.00. The second kappa shape index (κ2) is 4.60. The molecule has 100 valence electrons. The van der Waals surface area contributed by atoms with Crippen molar-refractivity contribution in [1.29, 1.82) is 0 Å². The van der Waals surface area contributed by atoms with E-state index < -0.39 is 11.6 Å². The van der Waals surface area contributed by atoms with E-state index in [1.807, 2.05) is 18.2 Å². The minimum atomic E-state index is -0.507. The number of aryl methyl sites for hydroxylation is 2. The summed E-state index contributed by atoms with van der Waals surface area (Å²) in [6, 6.07) is 12.1. The van der Waals surface area contributed by atoms with Crippen molar-refractivity contribution in [2.24, 2.45) is 0 Å². The van der Waals surface area contributed by atoms with Crippen molar-refractivity contribution in [1.82, 2.24) is 0 Å². The molecule has 0 atom stereocenters. The summed E-state index contributed by atoms with van der Waals surface area (Å²) >= 11 is 0. The quantitative estimate of drug-likeness (QED) is 0.644. The molecule has 2 aromatic carbocycles. The van der Waals surface area contributed by atoms with Crippen molar-refractivity contribution in [2.45, 2.75) is 13.8 Å². The van der Waals surface area contributed by atoms with Crippen molar-refractivity contribution in [3.8, 4) is 0 Å². The largest absolute Gasteiger partial charge is 0.453 e. The molecule has 0 radical (unpaired) electrons. The van der Waals surface area contributed by atoms with E-state index >= 15 is 0 Å². The van der Waals surface area contributed by atoms with E-state index in [-0.39, 0.29) is 11.3 Å². The average molecular weight is 268 g/mol. The zero-order valence-corrected chi connectivity index (χ0v) is 11.2. The summed E-state index contributed by atoms with van der Waals surface area (Å²) < 4.78 is 19.5. The van der Waals surface area contributed by atoms with Gasteiger partial charge in [0.05, 0.1) is 5.56 Å². The number of furan rings is 1. The maximum Gasteiger partial charge on any atom is 0.231 e. The second-order valence-corrected chi connectivity index (χ2v) is 4.92. The van der Waals surface area contributed by atoms with Gasteiger partial charge in [0.2, 0.25) is 5.78 Å². The Morgan fingerprint density at radius 2 is 1.85 bits per heavy atom. The highest BCUT2D eigenvalue weighted by Crippen LogP contribution is 2.24. The number of carbonyl (C=O) groups is 1. The lowest BCUT2D eigenvalue weighted by molar-refractivity contribution is 0.101. The van der Waals surface area contributed by atoms with Gasteiger partial charge in [0.1, 0.15) is 11.4 Å². The standard InChI is InChI=1S/C17H13FO2/c1-10-7-11(2)16(13(18)8-10)17(19)15-9-12-5-3-4-6-14(12)20-15/h3-9H,1-2H3. The Bertz CT molecular complexity index is 759. The number of hydrogen-bond donors (Lipinski definition) is 0. The molecule has 0 aliphatic heterocycles. The maximum absolute atomic E-state index is 14.0. The molecule has 0 unspecified atom stereocenters. The predicted molar refractivity (Wildman–Crippen MR) is 75.5 cm³/mol. The van der Waals surface area contributed by atoms with Crippen molar-refractivity contribution in [3.05, 3.63) is 70.7 Å². The van der Waals surface area contributed by atoms with Gasteiger partial charge in [-0.2, -0.15) is 0 Å². The molecule has 2 nitrogen and oxygen atoms in total. The highest BCUT2D eigenvalue weighted by Gasteiger charge is 2.20. The van der Waals surface area contributed by atoms with Crippen molar-refractivity contribution in [2.75, 3.05) is 0 Å². The van der Waals surface area contributed by atoms with Gasteiger partial charge in [-0.05, 0) is 43.2 Å². The number of halogens is 1. The van der Waals surface area contributed by atoms with E-state index in [0.29, 0.717) is 11.1 Å². The van der Waals surface area contributed by atoms with Gasteiger partial charge < -0.3 is 4.42 Å². The third kappa shape index (κ3) is 2.01. The molecule has 0 aliphatic rings. The maximum atomic E-state index is 14.0. The molecule has 3 heteroatoms. The van der Waals surface area contributed by atoms with E-state index in [9.17, 15) is 9.18 Å². The van der Waals surface area contributed by atoms with Crippen LogP contribution in [0.4, 0.5) is 4.39 Å². The van der Waals surface area contributed by atoms with Gasteiger partial charge in [-0.1, -0.05) is 24.3 Å². The highest BCUT2D eigenvalue weighted by molar-refractivity contribution is 6.10. The summed E-state index contributed by atoms with van der Waals surface area (Å²) in [6.07, 6.45) is 0. The summed E-state index contributed by atoms with van der Waals surface area (Å²) in [5.74, 6) is -0.763. The Balaban J connectivity index is 2.13. The fourth-order valence-electron chi connectivity index (χ4n) is 2.42. The van der Waals surface area contributed by atoms with E-state index in [1.54, 1.807) is 32.0 Å². The molecule has 0 saturated carbocycles. The van der Waals surface area contributed by atoms with Crippen LogP contribution in [0.2, 0.25) is 0 Å². The van der Waals surface area contributed by atoms with E-state index in [2.05, 4.69) is 0 Å². The van der Waals surface area contributed by atoms with Crippen molar-refractivity contribution >= 4 is 16.8 Å². The molecule has 0 saturated heterocycles. The van der Waals surface area contributed by atoms with Crippen LogP contribution in [-0.2, 0) is 0 Å². The summed E-state index contributed by atoms with van der Waals surface area (Å²) in [4.78, 5) is 12.4. The molecule has 3 rings (SSSR count). The number of fused-ring (bicyclic) bond motifs is 1. The Labute approximate surface area is 115 Å². The zero-order valence-electron chi connectivity index (χ0n) is 11.2. The molecular formula is C17H13FO2. The average Bonchev–Trinajstić information content (AvgIpc) is 2.81. The van der Waals surface area contributed by atoms with Crippen molar-refractivity contribution in [3.63, 3.8) is 0 Å². The number of benzene rings is 2. The van der Waals surface area contributed by atoms with Crippen LogP contribution in [0.25, 0.3) is 11.0 Å². The Morgan fingerprint density at radius 3 is 2.55 bits per heavy atom. The molecule has 1 heterocycles. The number of ketones is 1. The lowest BCUT2D eigenvalue weighted by Crippen LogP contribution is -2.06. The van der Waals surface area contributed by atoms with E-state index in [4.69, 9.17) is 4.42 Å². The first-order chi connectivity index (χ1) is 9.56. The first-order valence-corrected chi connectivity index (χ1v) is 6.36. The first kappa shape index (κ1) is 12.6. The van der Waals surface area contributed by atoms with Gasteiger partial charge in [-0.15, -0.1) is 0 Å². The topological polar surface area (TPSA) is 30.2 Å². The molecule has 3 aromatic rings. The molecule has 0 spiro atoms. The number of para-hydroxylation sites is 1. The summed E-state index contributed by atoms with van der Waals surface area (Å²) in [6.45, 7) is 3.53. The van der Waals surface area contributed by atoms with E-state index in [0.717, 1.165) is 10.9 Å². The van der Waals surface area contributed by atoms with Gasteiger partial charge in [0.15, 0.2) is 5.76 Å². The molecule has 1 aromatic heterocycles. The smallest absolute Gasteiger partial charge is 0.231 e. The number of rotatable bonds is 2. The van der Waals surface area contributed by atoms with Gasteiger partial charge in [-0.25, -0.2) is 4.39 Å². The van der Waals surface area contributed by atoms with Gasteiger partial charge in [0.25, 0.3) is 0 Å². The minimum absolute atomic E-state index is 0.0784. The van der Waals surface area contributed by atoms with Crippen molar-refractivity contribution < 1.29 is 13.6 Å². The summed E-state index contributed by atoms with van der Waals surface area (Å²) in [7, 11) is 0.